The van der Waals surface area contributed by atoms with E-state index >= 15 is 0 Å². The predicted molar refractivity (Wildman–Crippen MR) is 334 cm³/mol. The summed E-state index contributed by atoms with van der Waals surface area (Å²) in [6, 6.07) is 107. The van der Waals surface area contributed by atoms with Crippen LogP contribution in [-0.2, 0) is 0 Å². The van der Waals surface area contributed by atoms with Crippen LogP contribution in [0.15, 0.2) is 308 Å². The first-order chi connectivity index (χ1) is 37.8. The zero-order chi connectivity index (χ0) is 52.8. The molecule has 77 heavy (non-hydrogen) atoms. The topological polar surface area (TPSA) is 38.0 Å². The van der Waals surface area contributed by atoms with Gasteiger partial charge in [0, 0.05) is 21.5 Å². The van der Waals surface area contributed by atoms with Crippen molar-refractivity contribution in [2.75, 3.05) is 11.1 Å². The van der Waals surface area contributed by atoms with Crippen LogP contribution in [0.5, 0.6) is 0 Å². The average molecular weight is 1060 g/mol. The lowest BCUT2D eigenvalue weighted by Crippen LogP contribution is -1.92. The number of nitrogen functional groups attached to an aromatic ring is 1. The number of aryl methyl sites for hydroxylation is 2. The van der Waals surface area contributed by atoms with E-state index in [-0.39, 0.29) is 0 Å². The van der Waals surface area contributed by atoms with Crippen LogP contribution in [0.3, 0.4) is 0 Å². The van der Waals surface area contributed by atoms with Crippen molar-refractivity contribution in [1.29, 1.82) is 0 Å². The molecule has 0 aromatic heterocycles. The average Bonchev–Trinajstić information content (AvgIpc) is 3.50. The Morgan fingerprint density at radius 2 is 0.506 bits per heavy atom. The second-order valence-corrected chi connectivity index (χ2v) is 20.1. The molecule has 3 N–H and O–H groups in total. The van der Waals surface area contributed by atoms with Gasteiger partial charge in [0.15, 0.2) is 0 Å². The van der Waals surface area contributed by atoms with E-state index in [0.29, 0.717) is 0 Å². The second-order valence-electron chi connectivity index (χ2n) is 19.2. The van der Waals surface area contributed by atoms with Gasteiger partial charge in [0.1, 0.15) is 0 Å². The number of hydrogen-bond donors (Lipinski definition) is 2. The Labute approximate surface area is 463 Å². The van der Waals surface area contributed by atoms with E-state index < -0.39 is 0 Å². The minimum absolute atomic E-state index is 0.808. The number of benzene rings is 12. The van der Waals surface area contributed by atoms with E-state index in [1.165, 1.54) is 100 Å². The smallest absolute Gasteiger partial charge is 0.0390 e. The molecule has 0 atom stereocenters. The van der Waals surface area contributed by atoms with Gasteiger partial charge in [-0.3, -0.25) is 0 Å². The predicted octanol–water partition coefficient (Wildman–Crippen LogP) is 21.1. The quantitative estimate of drug-likeness (QED) is 0.134. The molecular weight excluding hydrogens is 997 g/mol. The van der Waals surface area contributed by atoms with Gasteiger partial charge >= 0.3 is 0 Å². The lowest BCUT2D eigenvalue weighted by Gasteiger charge is -2.13. The molecule has 0 saturated heterocycles. The molecule has 0 aliphatic rings. The lowest BCUT2D eigenvalue weighted by molar-refractivity contribution is 1.47. The molecule has 0 spiro atoms. The molecule has 0 saturated carbocycles. The normalized spacial score (nSPS) is 10.6. The summed E-state index contributed by atoms with van der Waals surface area (Å²) in [4.78, 5) is 0. The van der Waals surface area contributed by atoms with Gasteiger partial charge in [-0.25, -0.2) is 0 Å². The Morgan fingerprint density at radius 1 is 0.234 bits per heavy atom. The minimum Gasteiger partial charge on any atom is -0.399 e. The van der Waals surface area contributed by atoms with Crippen LogP contribution in [0, 0.1) is 13.8 Å². The number of rotatable bonds is 10. The summed E-state index contributed by atoms with van der Waals surface area (Å²) in [5, 5.41) is 3.63. The maximum absolute atomic E-state index is 5.73. The third-order valence-electron chi connectivity index (χ3n) is 13.5. The van der Waals surface area contributed by atoms with Gasteiger partial charge in [0.05, 0.1) is 0 Å². The first kappa shape index (κ1) is 51.2. The Hall–Kier alpha value is -9.28. The van der Waals surface area contributed by atoms with Crippen molar-refractivity contribution in [3.8, 4) is 89.0 Å². The molecule has 0 radical (unpaired) electrons. The third kappa shape index (κ3) is 13.7. The number of anilines is 3. The maximum atomic E-state index is 5.73. The van der Waals surface area contributed by atoms with Gasteiger partial charge in [-0.2, -0.15) is 0 Å². The molecule has 0 aliphatic heterocycles. The molecule has 3 heteroatoms. The van der Waals surface area contributed by atoms with Crippen LogP contribution >= 0.6 is 15.9 Å². The Bertz CT molecular complexity index is 3720. The molecule has 0 heterocycles. The first-order valence-electron chi connectivity index (χ1n) is 26.0. The lowest BCUT2D eigenvalue weighted by atomic mass is 9.93. The fourth-order valence-corrected chi connectivity index (χ4v) is 9.77. The van der Waals surface area contributed by atoms with E-state index in [0.717, 1.165) is 21.5 Å². The van der Waals surface area contributed by atoms with Crippen molar-refractivity contribution in [3.05, 3.63) is 319 Å². The summed E-state index contributed by atoms with van der Waals surface area (Å²) in [6.45, 7) is 4.20. The molecule has 12 aromatic carbocycles. The van der Waals surface area contributed by atoms with Crippen LogP contribution in [-0.4, -0.2) is 0 Å². The van der Waals surface area contributed by atoms with Crippen LogP contribution in [0.2, 0.25) is 0 Å². The molecule has 0 fully saturated rings. The number of hydrogen-bond acceptors (Lipinski definition) is 2. The van der Waals surface area contributed by atoms with Crippen LogP contribution in [0.1, 0.15) is 11.1 Å². The van der Waals surface area contributed by atoms with Crippen molar-refractivity contribution in [2.45, 2.75) is 13.8 Å². The number of halogens is 1. The van der Waals surface area contributed by atoms with Crippen molar-refractivity contribution >= 4 is 33.0 Å². The first-order valence-corrected chi connectivity index (χ1v) is 26.8. The summed E-state index contributed by atoms with van der Waals surface area (Å²) in [7, 11) is 0. The largest absolute Gasteiger partial charge is 0.399 e. The van der Waals surface area contributed by atoms with E-state index in [1.807, 2.05) is 18.2 Å². The molecular formula is C74H59BrN2. The van der Waals surface area contributed by atoms with Gasteiger partial charge in [-0.1, -0.05) is 245 Å². The van der Waals surface area contributed by atoms with Crippen LogP contribution < -0.4 is 11.1 Å². The van der Waals surface area contributed by atoms with Crippen molar-refractivity contribution < 1.29 is 0 Å². The highest BCUT2D eigenvalue weighted by Gasteiger charge is 2.11. The Kier molecular flexibility index (Phi) is 16.5. The molecule has 0 bridgehead atoms. The van der Waals surface area contributed by atoms with Crippen molar-refractivity contribution in [3.63, 3.8) is 0 Å². The summed E-state index contributed by atoms with van der Waals surface area (Å²) in [5.74, 6) is 0. The standard InChI is InChI=1S/C37H29N.C24H17Br.C13H13N/c1-27-18-20-30(21-19-27)31-14-8-16-36(25-31)38-37-17-9-15-32(26-37)35-23-33(28-10-4-2-5-11-28)22-34(24-35)29-12-6-3-7-13-29;25-24-13-7-12-20(17-24)23-15-21(18-8-3-1-4-9-18)14-22(16-23)19-10-5-2-6-11-19;1-10-5-7-11(8-6-10)12-3-2-4-13(14)9-12/h2-26,38H,1H3;1-17H;2-9H,14H2,1H3. The van der Waals surface area contributed by atoms with Crippen molar-refractivity contribution in [1.82, 2.24) is 0 Å². The highest BCUT2D eigenvalue weighted by molar-refractivity contribution is 9.10. The number of nitrogens with two attached hydrogens (primary N) is 1. The zero-order valence-electron chi connectivity index (χ0n) is 43.3. The maximum Gasteiger partial charge on any atom is 0.0390 e. The number of nitrogens with one attached hydrogen (secondary N) is 1. The minimum atomic E-state index is 0.808. The van der Waals surface area contributed by atoms with Gasteiger partial charge in [-0.05, 0) is 188 Å². The zero-order valence-corrected chi connectivity index (χ0v) is 44.9. The third-order valence-corrected chi connectivity index (χ3v) is 13.9. The van der Waals surface area contributed by atoms with E-state index in [9.17, 15) is 0 Å². The fraction of sp³-hybridized carbons (Fsp3) is 0.0270. The molecule has 0 unspecified atom stereocenters. The summed E-state index contributed by atoms with van der Waals surface area (Å²) in [5.41, 5.74) is 30.6. The van der Waals surface area contributed by atoms with Crippen LogP contribution in [0.25, 0.3) is 89.0 Å². The van der Waals surface area contributed by atoms with Crippen molar-refractivity contribution in [2.24, 2.45) is 0 Å². The van der Waals surface area contributed by atoms with E-state index in [4.69, 9.17) is 5.73 Å². The van der Waals surface area contributed by atoms with Gasteiger partial charge in [-0.15, -0.1) is 0 Å². The molecule has 2 nitrogen and oxygen atoms in total. The molecule has 0 aliphatic carbocycles. The fourth-order valence-electron chi connectivity index (χ4n) is 9.38. The highest BCUT2D eigenvalue weighted by Crippen LogP contribution is 2.36. The highest BCUT2D eigenvalue weighted by atomic mass is 79.9. The Morgan fingerprint density at radius 3 is 0.857 bits per heavy atom. The second kappa shape index (κ2) is 24.8. The molecule has 372 valence electrons. The van der Waals surface area contributed by atoms with Gasteiger partial charge < -0.3 is 11.1 Å². The molecule has 12 aromatic rings. The monoisotopic (exact) mass is 1050 g/mol. The van der Waals surface area contributed by atoms with E-state index in [2.05, 4.69) is 320 Å². The Balaban J connectivity index is 0.000000147. The molecule has 12 rings (SSSR count). The van der Waals surface area contributed by atoms with Crippen LogP contribution in [0.4, 0.5) is 17.1 Å². The molecule has 0 amide bonds. The summed E-state index contributed by atoms with van der Waals surface area (Å²) in [6.07, 6.45) is 0. The van der Waals surface area contributed by atoms with E-state index in [1.54, 1.807) is 0 Å². The van der Waals surface area contributed by atoms with Gasteiger partial charge in [0.2, 0.25) is 0 Å². The summed E-state index contributed by atoms with van der Waals surface area (Å²) >= 11 is 3.59. The SMILES string of the molecule is Brc1cccc(-c2cc(-c3ccccc3)cc(-c3ccccc3)c2)c1.Cc1ccc(-c2cccc(N)c2)cc1.Cc1ccc(-c2cccc(Nc3cccc(-c4cc(-c5ccccc5)cc(-c5ccccc5)c4)c3)c2)cc1. The van der Waals surface area contributed by atoms with Gasteiger partial charge in [0.25, 0.3) is 0 Å². The summed E-state index contributed by atoms with van der Waals surface area (Å²) < 4.78 is 1.09.